The van der Waals surface area contributed by atoms with Crippen LogP contribution in [0.15, 0.2) is 48.5 Å². The molecule has 0 bridgehead atoms. The third kappa shape index (κ3) is 2.64. The maximum absolute atomic E-state index is 14.2. The van der Waals surface area contributed by atoms with Crippen LogP contribution in [0.3, 0.4) is 0 Å². The highest BCUT2D eigenvalue weighted by Crippen LogP contribution is 2.36. The Hall–Kier alpha value is -2.99. The summed E-state index contributed by atoms with van der Waals surface area (Å²) in [5, 5.41) is 1.61. The number of benzene rings is 3. The summed E-state index contributed by atoms with van der Waals surface area (Å²) in [4.78, 5) is 11.9. The van der Waals surface area contributed by atoms with Crippen molar-refractivity contribution in [2.24, 2.45) is 5.73 Å². The minimum Gasteiger partial charge on any atom is -0.366 e. The molecule has 3 aromatic carbocycles. The molecule has 0 aliphatic carbocycles. The molecule has 27 heavy (non-hydrogen) atoms. The molecule has 7 heteroatoms. The van der Waals surface area contributed by atoms with Gasteiger partial charge in [-0.15, -0.1) is 0 Å². The van der Waals surface area contributed by atoms with E-state index in [9.17, 15) is 18.0 Å². The topological polar surface area (TPSA) is 48.0 Å². The molecule has 2 N–H and O–H groups in total. The smallest absolute Gasteiger partial charge is 0.249 e. The Balaban J connectivity index is 2.07. The predicted molar refractivity (Wildman–Crippen MR) is 98.4 cm³/mol. The number of hydrogen-bond donors (Lipinski definition) is 1. The number of carbonyl (C=O) groups is 1. The van der Waals surface area contributed by atoms with Crippen molar-refractivity contribution in [3.8, 4) is 0 Å². The number of fused-ring (bicyclic) bond motifs is 3. The van der Waals surface area contributed by atoms with E-state index in [0.717, 1.165) is 6.07 Å². The molecule has 4 aromatic rings. The van der Waals surface area contributed by atoms with Crippen LogP contribution >= 0.6 is 11.6 Å². The summed E-state index contributed by atoms with van der Waals surface area (Å²) >= 11 is 6.36. The Morgan fingerprint density at radius 1 is 1.00 bits per heavy atom. The van der Waals surface area contributed by atoms with Gasteiger partial charge in [-0.1, -0.05) is 35.9 Å². The summed E-state index contributed by atoms with van der Waals surface area (Å²) < 4.78 is 42.8. The van der Waals surface area contributed by atoms with E-state index in [-0.39, 0.29) is 12.1 Å². The van der Waals surface area contributed by atoms with Gasteiger partial charge in [0.2, 0.25) is 5.91 Å². The monoisotopic (exact) mass is 388 g/mol. The maximum atomic E-state index is 14.2. The molecule has 0 aliphatic rings. The molecule has 0 aliphatic heterocycles. The Labute approximate surface area is 156 Å². The van der Waals surface area contributed by atoms with Gasteiger partial charge >= 0.3 is 0 Å². The van der Waals surface area contributed by atoms with Crippen molar-refractivity contribution in [1.29, 1.82) is 0 Å². The van der Waals surface area contributed by atoms with Crippen LogP contribution in [0.1, 0.15) is 15.9 Å². The van der Waals surface area contributed by atoms with Gasteiger partial charge in [-0.25, -0.2) is 13.2 Å². The molecular formula is C20H12ClF3N2O. The van der Waals surface area contributed by atoms with Gasteiger partial charge in [-0.3, -0.25) is 4.79 Å². The molecule has 0 atom stereocenters. The molecule has 0 fully saturated rings. The van der Waals surface area contributed by atoms with E-state index in [2.05, 4.69) is 0 Å². The van der Waals surface area contributed by atoms with Crippen molar-refractivity contribution in [2.75, 3.05) is 0 Å². The minimum atomic E-state index is -1.53. The predicted octanol–water partition coefficient (Wildman–Crippen LogP) is 5.01. The average molecular weight is 389 g/mol. The Bertz CT molecular complexity index is 1230. The van der Waals surface area contributed by atoms with E-state index < -0.39 is 23.4 Å². The summed E-state index contributed by atoms with van der Waals surface area (Å²) in [7, 11) is 0. The van der Waals surface area contributed by atoms with Crippen molar-refractivity contribution >= 4 is 39.3 Å². The molecule has 136 valence electrons. The van der Waals surface area contributed by atoms with Crippen LogP contribution in [0.2, 0.25) is 5.02 Å². The van der Waals surface area contributed by atoms with Gasteiger partial charge in [-0.2, -0.15) is 0 Å². The lowest BCUT2D eigenvalue weighted by Gasteiger charge is -2.10. The Kier molecular flexibility index (Phi) is 4.08. The van der Waals surface area contributed by atoms with E-state index >= 15 is 0 Å². The molecule has 0 unspecified atom stereocenters. The standard InChI is InChI=1S/C20H12ClF3N2O/c21-13-5-1-3-11-16-12(20(25)27)4-2-6-15(16)26(19(11)13)9-10-7-8-14(22)18(24)17(10)23/h1-8H,9H2,(H2,25,27). The lowest BCUT2D eigenvalue weighted by atomic mass is 10.1. The summed E-state index contributed by atoms with van der Waals surface area (Å²) in [5.74, 6) is -4.66. The normalized spacial score (nSPS) is 11.4. The zero-order chi connectivity index (χ0) is 19.3. The molecule has 0 saturated carbocycles. The van der Waals surface area contributed by atoms with Gasteiger partial charge < -0.3 is 10.3 Å². The second-order valence-corrected chi connectivity index (χ2v) is 6.53. The number of carbonyl (C=O) groups excluding carboxylic acids is 1. The number of primary amides is 1. The van der Waals surface area contributed by atoms with E-state index in [4.69, 9.17) is 17.3 Å². The van der Waals surface area contributed by atoms with Gasteiger partial charge in [0.25, 0.3) is 0 Å². The second kappa shape index (κ2) is 6.32. The second-order valence-electron chi connectivity index (χ2n) is 6.12. The molecule has 0 saturated heterocycles. The van der Waals surface area contributed by atoms with Crippen LogP contribution in [-0.2, 0) is 6.54 Å². The summed E-state index contributed by atoms with van der Waals surface area (Å²) in [6.45, 7) is -0.102. The highest BCUT2D eigenvalue weighted by atomic mass is 35.5. The fraction of sp³-hybridized carbons (Fsp3) is 0.0500. The number of nitrogens with two attached hydrogens (primary N) is 1. The van der Waals surface area contributed by atoms with Crippen LogP contribution in [0.5, 0.6) is 0 Å². The van der Waals surface area contributed by atoms with Gasteiger partial charge in [0.05, 0.1) is 22.6 Å². The summed E-state index contributed by atoms with van der Waals surface area (Å²) in [6.07, 6.45) is 0. The molecule has 3 nitrogen and oxygen atoms in total. The lowest BCUT2D eigenvalue weighted by Crippen LogP contribution is -2.11. The highest BCUT2D eigenvalue weighted by molar-refractivity contribution is 6.37. The number of hydrogen-bond acceptors (Lipinski definition) is 1. The van der Waals surface area contributed by atoms with Gasteiger partial charge in [0, 0.05) is 21.9 Å². The molecular weight excluding hydrogens is 377 g/mol. The molecule has 1 aromatic heterocycles. The molecule has 0 radical (unpaired) electrons. The number of halogens is 4. The van der Waals surface area contributed by atoms with Crippen LogP contribution < -0.4 is 5.73 Å². The number of nitrogens with zero attached hydrogens (tertiary/aromatic N) is 1. The third-order valence-electron chi connectivity index (χ3n) is 4.57. The quantitative estimate of drug-likeness (QED) is 0.493. The van der Waals surface area contributed by atoms with Crippen LogP contribution in [-0.4, -0.2) is 10.5 Å². The first-order chi connectivity index (χ1) is 12.9. The zero-order valence-corrected chi connectivity index (χ0v) is 14.5. The van der Waals surface area contributed by atoms with Crippen LogP contribution in [0.4, 0.5) is 13.2 Å². The number of rotatable bonds is 3. The van der Waals surface area contributed by atoms with Gasteiger partial charge in [-0.05, 0) is 24.3 Å². The van der Waals surface area contributed by atoms with Crippen molar-refractivity contribution in [1.82, 2.24) is 4.57 Å². The molecule has 0 spiro atoms. The van der Waals surface area contributed by atoms with E-state index in [1.807, 2.05) is 0 Å². The van der Waals surface area contributed by atoms with Crippen LogP contribution in [0, 0.1) is 17.5 Å². The first-order valence-electron chi connectivity index (χ1n) is 8.01. The van der Waals surface area contributed by atoms with Crippen LogP contribution in [0.25, 0.3) is 21.8 Å². The maximum Gasteiger partial charge on any atom is 0.249 e. The van der Waals surface area contributed by atoms with Crippen molar-refractivity contribution in [2.45, 2.75) is 6.54 Å². The van der Waals surface area contributed by atoms with Gasteiger partial charge in [0.15, 0.2) is 17.5 Å². The van der Waals surface area contributed by atoms with Gasteiger partial charge in [0.1, 0.15) is 0 Å². The van der Waals surface area contributed by atoms with Crippen molar-refractivity contribution < 1.29 is 18.0 Å². The van der Waals surface area contributed by atoms with Crippen molar-refractivity contribution in [3.63, 3.8) is 0 Å². The van der Waals surface area contributed by atoms with E-state index in [0.29, 0.717) is 32.4 Å². The van der Waals surface area contributed by atoms with E-state index in [1.54, 1.807) is 41.0 Å². The first kappa shape index (κ1) is 17.4. The van der Waals surface area contributed by atoms with E-state index in [1.165, 1.54) is 6.07 Å². The average Bonchev–Trinajstić information content (AvgIpc) is 2.97. The fourth-order valence-corrected chi connectivity index (χ4v) is 3.66. The lowest BCUT2D eigenvalue weighted by molar-refractivity contribution is 0.100. The van der Waals surface area contributed by atoms with Crippen molar-refractivity contribution in [3.05, 3.63) is 82.1 Å². The number of aromatic nitrogens is 1. The third-order valence-corrected chi connectivity index (χ3v) is 4.87. The number of para-hydroxylation sites is 1. The Morgan fingerprint density at radius 3 is 2.48 bits per heavy atom. The summed E-state index contributed by atoms with van der Waals surface area (Å²) in [5.41, 5.74) is 6.88. The largest absolute Gasteiger partial charge is 0.366 e. The Morgan fingerprint density at radius 2 is 1.74 bits per heavy atom. The fourth-order valence-electron chi connectivity index (χ4n) is 3.39. The number of amides is 1. The minimum absolute atomic E-state index is 0.0444. The molecule has 4 rings (SSSR count). The molecule has 1 heterocycles. The molecule has 1 amide bonds. The summed E-state index contributed by atoms with van der Waals surface area (Å²) in [6, 6.07) is 12.2. The first-order valence-corrected chi connectivity index (χ1v) is 8.39. The SMILES string of the molecule is NC(=O)c1cccc2c1c1cccc(Cl)c1n2Cc1ccc(F)c(F)c1F. The zero-order valence-electron chi connectivity index (χ0n) is 13.8. The highest BCUT2D eigenvalue weighted by Gasteiger charge is 2.20.